The number of rotatable bonds is 4. The maximum Gasteiger partial charge on any atom is 0.413 e. The van der Waals surface area contributed by atoms with Crippen LogP contribution in [-0.2, 0) is 9.47 Å². The van der Waals surface area contributed by atoms with Crippen molar-refractivity contribution in [2.24, 2.45) is 0 Å². The summed E-state index contributed by atoms with van der Waals surface area (Å²) in [5.74, 6) is -2.02. The Morgan fingerprint density at radius 1 is 1.62 bits per heavy atom. The van der Waals surface area contributed by atoms with E-state index in [-0.39, 0.29) is 12.4 Å². The summed E-state index contributed by atoms with van der Waals surface area (Å²) in [6.45, 7) is -1.15. The molecule has 0 radical (unpaired) electrons. The fourth-order valence-electron chi connectivity index (χ4n) is 2.03. The van der Waals surface area contributed by atoms with Gasteiger partial charge in [-0.05, 0) is 6.07 Å². The minimum Gasteiger partial charge on any atom is -0.436 e. The molecule has 3 N–H and O–H groups in total. The predicted molar refractivity (Wildman–Crippen MR) is 74.3 cm³/mol. The Kier molecular flexibility index (Phi) is 5.13. The van der Waals surface area contributed by atoms with Crippen molar-refractivity contribution >= 4 is 11.9 Å². The molecule has 11 heteroatoms. The first-order valence-corrected chi connectivity index (χ1v) is 6.60. The molecule has 1 fully saturated rings. The van der Waals surface area contributed by atoms with Gasteiger partial charge in [0.2, 0.25) is 6.23 Å². The van der Waals surface area contributed by atoms with E-state index in [0.717, 1.165) is 12.3 Å². The lowest BCUT2D eigenvalue weighted by molar-refractivity contribution is -0.140. The van der Waals surface area contributed by atoms with Gasteiger partial charge < -0.3 is 19.7 Å². The van der Waals surface area contributed by atoms with Crippen molar-refractivity contribution in [2.75, 3.05) is 18.5 Å². The van der Waals surface area contributed by atoms with E-state index in [1.807, 2.05) is 0 Å². The summed E-state index contributed by atoms with van der Waals surface area (Å²) in [5, 5.41) is 20.4. The van der Waals surface area contributed by atoms with Crippen molar-refractivity contribution in [1.29, 1.82) is 0 Å². The Bertz CT molecular complexity index is 716. The maximum atomic E-state index is 14.0. The Labute approximate surface area is 133 Å². The number of aliphatic hydroxyl groups is 2. The van der Waals surface area contributed by atoms with Gasteiger partial charge >= 0.3 is 17.7 Å². The van der Waals surface area contributed by atoms with Crippen LogP contribution < -0.4 is 11.0 Å². The number of hydrogen-bond donors (Lipinski definition) is 3. The third kappa shape index (κ3) is 3.35. The molecule has 130 valence electrons. The molecular weight excluding hydrogens is 332 g/mol. The molecule has 2 rings (SSSR count). The van der Waals surface area contributed by atoms with Gasteiger partial charge in [0.05, 0.1) is 6.61 Å². The largest absolute Gasteiger partial charge is 0.436 e. The SMILES string of the molecule is C#CCOC(=O)Nc1ccn([C@@H]2O[C@H](CO)[C@@H](O)C2(F)F)c(=O)n1. The summed E-state index contributed by atoms with van der Waals surface area (Å²) >= 11 is 0. The molecule has 1 saturated heterocycles. The Morgan fingerprint density at radius 3 is 2.88 bits per heavy atom. The molecule has 0 unspecified atom stereocenters. The van der Waals surface area contributed by atoms with E-state index in [2.05, 4.69) is 21.0 Å². The standard InChI is InChI=1S/C13H13F2N3O6/c1-2-5-23-12(22)17-8-3-4-18(11(21)16-8)10-13(14,15)9(20)7(6-19)24-10/h1,3-4,7,9-10,19-20H,5-6H2,(H,16,17,21,22)/t7-,9-,10-/m1/s1. The van der Waals surface area contributed by atoms with Crippen molar-refractivity contribution < 1.29 is 33.3 Å². The van der Waals surface area contributed by atoms with Gasteiger partial charge in [-0.25, -0.2) is 9.59 Å². The van der Waals surface area contributed by atoms with Crippen molar-refractivity contribution in [3.8, 4) is 12.3 Å². The smallest absolute Gasteiger partial charge is 0.413 e. The Hall–Kier alpha value is -2.55. The normalized spacial score (nSPS) is 25.0. The second kappa shape index (κ2) is 6.91. The molecule has 1 amide bonds. The minimum atomic E-state index is -3.82. The molecule has 0 aliphatic carbocycles. The lowest BCUT2D eigenvalue weighted by Crippen LogP contribution is -2.41. The first-order chi connectivity index (χ1) is 11.3. The molecule has 24 heavy (non-hydrogen) atoms. The molecule has 9 nitrogen and oxygen atoms in total. The molecule has 0 spiro atoms. The Balaban J connectivity index is 2.20. The average molecular weight is 345 g/mol. The molecule has 1 aliphatic rings. The van der Waals surface area contributed by atoms with Gasteiger partial charge in [-0.1, -0.05) is 5.92 Å². The monoisotopic (exact) mass is 345 g/mol. The number of aromatic nitrogens is 2. The molecule has 0 aromatic carbocycles. The van der Waals surface area contributed by atoms with Gasteiger partial charge in [0.15, 0.2) is 12.7 Å². The molecule has 0 saturated carbocycles. The molecule has 1 aromatic rings. The van der Waals surface area contributed by atoms with Gasteiger partial charge in [0, 0.05) is 6.20 Å². The number of ether oxygens (including phenoxy) is 2. The van der Waals surface area contributed by atoms with Crippen molar-refractivity contribution in [2.45, 2.75) is 24.4 Å². The second-order valence-corrected chi connectivity index (χ2v) is 4.74. The van der Waals surface area contributed by atoms with Crippen LogP contribution >= 0.6 is 0 Å². The number of halogens is 2. The highest BCUT2D eigenvalue weighted by Crippen LogP contribution is 2.41. The van der Waals surface area contributed by atoms with Crippen molar-refractivity contribution in [1.82, 2.24) is 9.55 Å². The van der Waals surface area contributed by atoms with Gasteiger partial charge in [-0.15, -0.1) is 6.42 Å². The first kappa shape index (κ1) is 17.8. The predicted octanol–water partition coefficient (Wildman–Crippen LogP) is -0.689. The minimum absolute atomic E-state index is 0.251. The number of hydrogen-bond acceptors (Lipinski definition) is 7. The third-order valence-corrected chi connectivity index (χ3v) is 3.16. The maximum absolute atomic E-state index is 14.0. The summed E-state index contributed by atoms with van der Waals surface area (Å²) < 4.78 is 37.7. The zero-order valence-electron chi connectivity index (χ0n) is 12.1. The lowest BCUT2D eigenvalue weighted by Gasteiger charge is -2.21. The summed E-state index contributed by atoms with van der Waals surface area (Å²) in [6, 6.07) is 1.05. The lowest BCUT2D eigenvalue weighted by atomic mass is 10.1. The number of amides is 1. The van der Waals surface area contributed by atoms with Crippen LogP contribution in [0.15, 0.2) is 17.1 Å². The first-order valence-electron chi connectivity index (χ1n) is 6.60. The molecule has 3 atom stereocenters. The number of alkyl halides is 2. The quantitative estimate of drug-likeness (QED) is 0.617. The number of terminal acetylenes is 1. The number of anilines is 1. The molecule has 2 heterocycles. The number of nitrogens with one attached hydrogen (secondary N) is 1. The van der Waals surface area contributed by atoms with Crippen LogP contribution in [0.4, 0.5) is 19.4 Å². The summed E-state index contributed by atoms with van der Waals surface area (Å²) in [5.41, 5.74) is -1.17. The van der Waals surface area contributed by atoms with E-state index in [1.54, 1.807) is 0 Å². The zero-order valence-corrected chi connectivity index (χ0v) is 12.1. The van der Waals surface area contributed by atoms with Gasteiger partial charge in [0.1, 0.15) is 11.9 Å². The van der Waals surface area contributed by atoms with Gasteiger partial charge in [-0.2, -0.15) is 13.8 Å². The number of aliphatic hydroxyl groups excluding tert-OH is 2. The average Bonchev–Trinajstić information content (AvgIpc) is 2.76. The van der Waals surface area contributed by atoms with Crippen molar-refractivity contribution in [3.63, 3.8) is 0 Å². The summed E-state index contributed by atoms with van der Waals surface area (Å²) in [4.78, 5) is 26.5. The molecule has 0 bridgehead atoms. The van der Waals surface area contributed by atoms with Crippen LogP contribution in [0.2, 0.25) is 0 Å². The van der Waals surface area contributed by atoms with Crippen LogP contribution in [0.3, 0.4) is 0 Å². The summed E-state index contributed by atoms with van der Waals surface area (Å²) in [7, 11) is 0. The van der Waals surface area contributed by atoms with Gasteiger partial charge in [0.25, 0.3) is 0 Å². The second-order valence-electron chi connectivity index (χ2n) is 4.74. The van der Waals surface area contributed by atoms with E-state index < -0.39 is 42.7 Å². The van der Waals surface area contributed by atoms with Crippen LogP contribution in [0, 0.1) is 12.3 Å². The number of nitrogens with zero attached hydrogens (tertiary/aromatic N) is 2. The topological polar surface area (TPSA) is 123 Å². The van der Waals surface area contributed by atoms with Crippen LogP contribution in [0.5, 0.6) is 0 Å². The molecular formula is C13H13F2N3O6. The van der Waals surface area contributed by atoms with Crippen molar-refractivity contribution in [3.05, 3.63) is 22.7 Å². The fraction of sp³-hybridized carbons (Fsp3) is 0.462. The van der Waals surface area contributed by atoms with E-state index >= 15 is 0 Å². The molecule has 1 aliphatic heterocycles. The highest BCUT2D eigenvalue weighted by molar-refractivity contribution is 5.83. The highest BCUT2D eigenvalue weighted by atomic mass is 19.3. The van der Waals surface area contributed by atoms with Crippen LogP contribution in [0.1, 0.15) is 6.23 Å². The van der Waals surface area contributed by atoms with E-state index in [4.69, 9.17) is 16.3 Å². The van der Waals surface area contributed by atoms with Crippen LogP contribution in [-0.4, -0.2) is 57.2 Å². The number of carbonyl (C=O) groups is 1. The Morgan fingerprint density at radius 2 is 2.33 bits per heavy atom. The zero-order chi connectivity index (χ0) is 17.9. The highest BCUT2D eigenvalue weighted by Gasteiger charge is 2.59. The third-order valence-electron chi connectivity index (χ3n) is 3.16. The van der Waals surface area contributed by atoms with E-state index in [0.29, 0.717) is 4.57 Å². The van der Waals surface area contributed by atoms with E-state index in [1.165, 1.54) is 0 Å². The fourth-order valence-corrected chi connectivity index (χ4v) is 2.03. The summed E-state index contributed by atoms with van der Waals surface area (Å²) in [6.07, 6.45) is -1.16. The van der Waals surface area contributed by atoms with E-state index in [9.17, 15) is 23.5 Å². The van der Waals surface area contributed by atoms with Crippen LogP contribution in [0.25, 0.3) is 0 Å². The molecule has 1 aromatic heterocycles. The van der Waals surface area contributed by atoms with Gasteiger partial charge in [-0.3, -0.25) is 9.88 Å². The number of carbonyl (C=O) groups excluding carboxylic acids is 1.